The van der Waals surface area contributed by atoms with Crippen LogP contribution in [0.15, 0.2) is 78.2 Å². The van der Waals surface area contributed by atoms with Gasteiger partial charge in [0.25, 0.3) is 5.56 Å². The van der Waals surface area contributed by atoms with Gasteiger partial charge in [0.2, 0.25) is 5.91 Å². The Morgan fingerprint density at radius 2 is 1.92 bits per heavy atom. The SMILES string of the molecule is O=C(Cn1c(-c2cnn(C(F)F)c2)cnc(CCCc2ccccc2)c1=O)NCc1cc2cnccc2[nH]1. The molecule has 0 bridgehead atoms. The predicted octanol–water partition coefficient (Wildman–Crippen LogP) is 3.87. The van der Waals surface area contributed by atoms with Crippen molar-refractivity contribution in [1.82, 2.24) is 34.6 Å². The van der Waals surface area contributed by atoms with E-state index in [1.54, 1.807) is 12.4 Å². The molecule has 1 amide bonds. The van der Waals surface area contributed by atoms with Gasteiger partial charge in [-0.15, -0.1) is 0 Å². The van der Waals surface area contributed by atoms with Crippen molar-refractivity contribution in [3.05, 3.63) is 101 Å². The summed E-state index contributed by atoms with van der Waals surface area (Å²) >= 11 is 0. The fraction of sp³-hybridized carbons (Fsp3) is 0.222. The molecule has 0 aliphatic heterocycles. The van der Waals surface area contributed by atoms with Gasteiger partial charge in [-0.2, -0.15) is 13.9 Å². The number of aryl methyl sites for hydroxylation is 2. The highest BCUT2D eigenvalue weighted by molar-refractivity contribution is 5.80. The fourth-order valence-corrected chi connectivity index (χ4v) is 4.29. The number of aromatic nitrogens is 6. The van der Waals surface area contributed by atoms with Crippen molar-refractivity contribution in [2.45, 2.75) is 38.9 Å². The Hall–Kier alpha value is -4.67. The van der Waals surface area contributed by atoms with E-state index in [0.29, 0.717) is 23.2 Å². The van der Waals surface area contributed by atoms with E-state index >= 15 is 0 Å². The number of pyridine rings is 1. The number of benzene rings is 1. The van der Waals surface area contributed by atoms with Crippen molar-refractivity contribution >= 4 is 16.8 Å². The molecule has 5 aromatic rings. The third kappa shape index (κ3) is 5.66. The third-order valence-corrected chi connectivity index (χ3v) is 6.20. The van der Waals surface area contributed by atoms with Gasteiger partial charge in [0, 0.05) is 40.8 Å². The lowest BCUT2D eigenvalue weighted by Crippen LogP contribution is -2.34. The maximum atomic E-state index is 13.4. The van der Waals surface area contributed by atoms with Crippen LogP contribution in [-0.2, 0) is 30.7 Å². The van der Waals surface area contributed by atoms with E-state index < -0.39 is 18.0 Å². The summed E-state index contributed by atoms with van der Waals surface area (Å²) in [6.45, 7) is -2.91. The van der Waals surface area contributed by atoms with Crippen molar-refractivity contribution in [2.24, 2.45) is 0 Å². The number of carbonyl (C=O) groups excluding carboxylic acids is 1. The lowest BCUT2D eigenvalue weighted by molar-refractivity contribution is -0.121. The summed E-state index contributed by atoms with van der Waals surface area (Å²) in [7, 11) is 0. The molecule has 1 aromatic carbocycles. The van der Waals surface area contributed by atoms with Crippen molar-refractivity contribution < 1.29 is 13.6 Å². The second-order valence-corrected chi connectivity index (χ2v) is 8.84. The Balaban J connectivity index is 1.35. The average molecular weight is 518 g/mol. The van der Waals surface area contributed by atoms with Crippen molar-refractivity contribution in [2.75, 3.05) is 0 Å². The van der Waals surface area contributed by atoms with Crippen molar-refractivity contribution in [3.8, 4) is 11.3 Å². The van der Waals surface area contributed by atoms with E-state index in [0.717, 1.165) is 34.8 Å². The number of aromatic amines is 1. The molecular weight excluding hydrogens is 492 g/mol. The second kappa shape index (κ2) is 11.2. The molecule has 9 nitrogen and oxygen atoms in total. The van der Waals surface area contributed by atoms with Gasteiger partial charge in [-0.25, -0.2) is 4.68 Å². The van der Waals surface area contributed by atoms with E-state index in [1.807, 2.05) is 42.5 Å². The van der Waals surface area contributed by atoms with E-state index in [4.69, 9.17) is 0 Å². The maximum absolute atomic E-state index is 13.4. The topological polar surface area (TPSA) is 110 Å². The van der Waals surface area contributed by atoms with Crippen LogP contribution in [0.4, 0.5) is 8.78 Å². The molecule has 0 fully saturated rings. The van der Waals surface area contributed by atoms with Crippen LogP contribution < -0.4 is 10.9 Å². The van der Waals surface area contributed by atoms with E-state index in [2.05, 4.69) is 25.4 Å². The lowest BCUT2D eigenvalue weighted by Gasteiger charge is -2.13. The molecule has 194 valence electrons. The highest BCUT2D eigenvalue weighted by atomic mass is 19.3. The van der Waals surface area contributed by atoms with E-state index in [9.17, 15) is 18.4 Å². The Bertz CT molecular complexity index is 1580. The Kier molecular flexibility index (Phi) is 7.34. The molecule has 38 heavy (non-hydrogen) atoms. The standard InChI is InChI=1S/C27H25F2N7O2/c28-27(29)36-16-20(13-33-36)24-15-31-23(8-4-7-18-5-2-1-3-6-18)26(38)35(24)17-25(37)32-14-21-11-19-12-30-10-9-22(19)34-21/h1-3,5-6,9-13,15-16,27,34H,4,7-8,14,17H2,(H,32,37). The molecule has 5 rings (SSSR count). The van der Waals surface area contributed by atoms with Crippen LogP contribution in [0.3, 0.4) is 0 Å². The molecule has 0 aliphatic carbocycles. The zero-order valence-corrected chi connectivity index (χ0v) is 20.3. The molecule has 0 unspecified atom stereocenters. The summed E-state index contributed by atoms with van der Waals surface area (Å²) in [6, 6.07) is 13.6. The monoisotopic (exact) mass is 517 g/mol. The highest BCUT2D eigenvalue weighted by Crippen LogP contribution is 2.20. The molecule has 2 N–H and O–H groups in total. The first-order valence-electron chi connectivity index (χ1n) is 12.1. The highest BCUT2D eigenvalue weighted by Gasteiger charge is 2.18. The number of alkyl halides is 2. The zero-order chi connectivity index (χ0) is 26.5. The second-order valence-electron chi connectivity index (χ2n) is 8.84. The number of nitrogens with zero attached hydrogens (tertiary/aromatic N) is 5. The van der Waals surface area contributed by atoms with Crippen LogP contribution in [-0.4, -0.2) is 35.2 Å². The first kappa shape index (κ1) is 25.0. The lowest BCUT2D eigenvalue weighted by atomic mass is 10.1. The minimum absolute atomic E-state index is 0.218. The number of halogens is 2. The summed E-state index contributed by atoms with van der Waals surface area (Å²) in [5, 5.41) is 7.39. The minimum Gasteiger partial charge on any atom is -0.357 e. The van der Waals surface area contributed by atoms with Gasteiger partial charge in [-0.1, -0.05) is 30.3 Å². The molecule has 0 radical (unpaired) electrons. The Morgan fingerprint density at radius 3 is 2.68 bits per heavy atom. The van der Waals surface area contributed by atoms with Crippen LogP contribution in [0.25, 0.3) is 22.2 Å². The van der Waals surface area contributed by atoms with Crippen molar-refractivity contribution in [1.29, 1.82) is 0 Å². The molecule has 0 saturated heterocycles. The van der Waals surface area contributed by atoms with Crippen LogP contribution >= 0.6 is 0 Å². The molecule has 0 saturated carbocycles. The smallest absolute Gasteiger partial charge is 0.333 e. The summed E-state index contributed by atoms with van der Waals surface area (Å²) in [4.78, 5) is 37.9. The van der Waals surface area contributed by atoms with Gasteiger partial charge < -0.3 is 10.3 Å². The van der Waals surface area contributed by atoms with E-state index in [-0.39, 0.29) is 24.3 Å². The quantitative estimate of drug-likeness (QED) is 0.292. The number of hydrogen-bond donors (Lipinski definition) is 2. The number of carbonyl (C=O) groups is 1. The molecule has 0 spiro atoms. The number of fused-ring (bicyclic) bond motifs is 1. The van der Waals surface area contributed by atoms with Gasteiger partial charge in [0.1, 0.15) is 12.2 Å². The molecule has 0 atom stereocenters. The summed E-state index contributed by atoms with van der Waals surface area (Å²) in [5.74, 6) is -0.409. The van der Waals surface area contributed by atoms with Gasteiger partial charge in [0.15, 0.2) is 0 Å². The minimum atomic E-state index is -2.83. The molecule has 4 heterocycles. The third-order valence-electron chi connectivity index (χ3n) is 6.20. The Morgan fingerprint density at radius 1 is 1.08 bits per heavy atom. The first-order valence-corrected chi connectivity index (χ1v) is 12.1. The molecule has 11 heteroatoms. The molecule has 0 aliphatic rings. The zero-order valence-electron chi connectivity index (χ0n) is 20.3. The summed E-state index contributed by atoms with van der Waals surface area (Å²) < 4.78 is 28.0. The first-order chi connectivity index (χ1) is 18.5. The van der Waals surface area contributed by atoms with Crippen molar-refractivity contribution in [3.63, 3.8) is 0 Å². The number of amides is 1. The normalized spacial score (nSPS) is 11.3. The summed E-state index contributed by atoms with van der Waals surface area (Å²) in [5.41, 5.74) is 3.20. The van der Waals surface area contributed by atoms with Gasteiger partial charge in [-0.05, 0) is 37.0 Å². The molecular formula is C27H25F2N7O2. The van der Waals surface area contributed by atoms with Gasteiger partial charge >= 0.3 is 6.55 Å². The van der Waals surface area contributed by atoms with Crippen LogP contribution in [0, 0.1) is 0 Å². The van der Waals surface area contributed by atoms with Crippen LogP contribution in [0.1, 0.15) is 29.9 Å². The van der Waals surface area contributed by atoms with E-state index in [1.165, 1.54) is 17.0 Å². The summed E-state index contributed by atoms with van der Waals surface area (Å²) in [6.07, 6.45) is 9.06. The number of nitrogens with one attached hydrogen (secondary N) is 2. The number of H-pyrrole nitrogens is 1. The van der Waals surface area contributed by atoms with Gasteiger partial charge in [-0.3, -0.25) is 24.1 Å². The fourth-order valence-electron chi connectivity index (χ4n) is 4.29. The predicted molar refractivity (Wildman–Crippen MR) is 137 cm³/mol. The molecule has 4 aromatic heterocycles. The van der Waals surface area contributed by atoms with Gasteiger partial charge in [0.05, 0.1) is 24.6 Å². The largest absolute Gasteiger partial charge is 0.357 e. The van der Waals surface area contributed by atoms with Crippen LogP contribution in [0.2, 0.25) is 0 Å². The maximum Gasteiger partial charge on any atom is 0.333 e. The average Bonchev–Trinajstić information content (AvgIpc) is 3.58. The number of rotatable bonds is 10. The van der Waals surface area contributed by atoms with Crippen LogP contribution in [0.5, 0.6) is 0 Å². The number of hydrogen-bond acceptors (Lipinski definition) is 5. The Labute approximate surface area is 216 Å².